The number of nitriles is 2. The van der Waals surface area contributed by atoms with E-state index in [2.05, 4.69) is 0 Å². The smallest absolute Gasteiger partial charge is 0.420 e. The summed E-state index contributed by atoms with van der Waals surface area (Å²) >= 11 is 0. The van der Waals surface area contributed by atoms with E-state index < -0.39 is 17.5 Å². The third-order valence-electron chi connectivity index (χ3n) is 2.85. The van der Waals surface area contributed by atoms with E-state index in [9.17, 15) is 18.3 Å². The first-order valence-corrected chi connectivity index (χ1v) is 5.71. The lowest BCUT2D eigenvalue weighted by Crippen LogP contribution is -2.06. The molecule has 0 spiro atoms. The Kier molecular flexibility index (Phi) is 3.56. The monoisotopic (exact) mass is 288 g/mol. The third kappa shape index (κ3) is 2.80. The maximum Gasteiger partial charge on any atom is 0.420 e. The highest BCUT2D eigenvalue weighted by molar-refractivity contribution is 5.74. The molecule has 0 heterocycles. The standard InChI is InChI=1S/C15H7F3N2O/c16-15(17,18)13-6-10(8-20)5-12(14(13)21)11-3-1-2-9(4-11)7-19/h1-6,21H. The first-order valence-electron chi connectivity index (χ1n) is 5.71. The second kappa shape index (κ2) is 5.18. The zero-order chi connectivity index (χ0) is 15.6. The minimum Gasteiger partial charge on any atom is -0.507 e. The lowest BCUT2D eigenvalue weighted by atomic mass is 9.97. The van der Waals surface area contributed by atoms with Crippen LogP contribution in [-0.4, -0.2) is 5.11 Å². The molecule has 0 fully saturated rings. The lowest BCUT2D eigenvalue weighted by Gasteiger charge is -2.13. The van der Waals surface area contributed by atoms with E-state index >= 15 is 0 Å². The van der Waals surface area contributed by atoms with Gasteiger partial charge in [-0.05, 0) is 29.8 Å². The van der Waals surface area contributed by atoms with Gasteiger partial charge in [-0.2, -0.15) is 23.7 Å². The van der Waals surface area contributed by atoms with Gasteiger partial charge >= 0.3 is 6.18 Å². The van der Waals surface area contributed by atoms with Gasteiger partial charge in [0.2, 0.25) is 0 Å². The highest BCUT2D eigenvalue weighted by Crippen LogP contribution is 2.42. The molecule has 0 aliphatic heterocycles. The Morgan fingerprint density at radius 2 is 1.62 bits per heavy atom. The van der Waals surface area contributed by atoms with Crippen molar-refractivity contribution in [3.8, 4) is 29.0 Å². The van der Waals surface area contributed by atoms with Crippen LogP contribution in [0, 0.1) is 22.7 Å². The molecule has 0 unspecified atom stereocenters. The number of phenolic OH excluding ortho intramolecular Hbond substituents is 1. The normalized spacial score (nSPS) is 10.7. The minimum atomic E-state index is -4.78. The Hall–Kier alpha value is -2.99. The van der Waals surface area contributed by atoms with Gasteiger partial charge in [0.15, 0.2) is 0 Å². The molecule has 0 aliphatic carbocycles. The number of aromatic hydroxyl groups is 1. The highest BCUT2D eigenvalue weighted by atomic mass is 19.4. The molecule has 0 aliphatic rings. The number of alkyl halides is 3. The van der Waals surface area contributed by atoms with Crippen molar-refractivity contribution in [2.45, 2.75) is 6.18 Å². The average molecular weight is 288 g/mol. The fourth-order valence-electron chi connectivity index (χ4n) is 1.89. The molecule has 0 saturated heterocycles. The van der Waals surface area contributed by atoms with E-state index in [0.717, 1.165) is 6.07 Å². The van der Waals surface area contributed by atoms with Crippen molar-refractivity contribution < 1.29 is 18.3 Å². The number of phenols is 1. The summed E-state index contributed by atoms with van der Waals surface area (Å²) < 4.78 is 38.7. The molecule has 0 atom stereocenters. The summed E-state index contributed by atoms with van der Waals surface area (Å²) in [6.07, 6.45) is -4.78. The molecular weight excluding hydrogens is 281 g/mol. The molecular formula is C15H7F3N2O. The molecule has 2 aromatic rings. The fraction of sp³-hybridized carbons (Fsp3) is 0.0667. The van der Waals surface area contributed by atoms with E-state index in [-0.39, 0.29) is 22.3 Å². The maximum absolute atomic E-state index is 12.9. The molecule has 6 heteroatoms. The summed E-state index contributed by atoms with van der Waals surface area (Å²) in [4.78, 5) is 0. The Labute approximate surface area is 118 Å². The Bertz CT molecular complexity index is 783. The third-order valence-corrected chi connectivity index (χ3v) is 2.85. The summed E-state index contributed by atoms with van der Waals surface area (Å²) in [5.74, 6) is -0.961. The van der Waals surface area contributed by atoms with Crippen LogP contribution in [0.25, 0.3) is 11.1 Å². The number of hydrogen-bond acceptors (Lipinski definition) is 3. The van der Waals surface area contributed by atoms with Gasteiger partial charge in [-0.3, -0.25) is 0 Å². The van der Waals surface area contributed by atoms with Crippen molar-refractivity contribution in [1.82, 2.24) is 0 Å². The van der Waals surface area contributed by atoms with Crippen LogP contribution >= 0.6 is 0 Å². The van der Waals surface area contributed by atoms with E-state index in [0.29, 0.717) is 6.07 Å². The molecule has 0 bridgehead atoms. The Balaban J connectivity index is 2.75. The average Bonchev–Trinajstić information content (AvgIpc) is 2.46. The number of halogens is 3. The van der Waals surface area contributed by atoms with Gasteiger partial charge in [0, 0.05) is 5.56 Å². The Morgan fingerprint density at radius 1 is 0.952 bits per heavy atom. The van der Waals surface area contributed by atoms with Gasteiger partial charge in [-0.15, -0.1) is 0 Å². The van der Waals surface area contributed by atoms with Crippen LogP contribution in [0.3, 0.4) is 0 Å². The highest BCUT2D eigenvalue weighted by Gasteiger charge is 2.35. The van der Waals surface area contributed by atoms with Crippen molar-refractivity contribution in [2.24, 2.45) is 0 Å². The number of hydrogen-bond donors (Lipinski definition) is 1. The van der Waals surface area contributed by atoms with E-state index in [1.54, 1.807) is 6.07 Å². The van der Waals surface area contributed by atoms with Gasteiger partial charge in [0.25, 0.3) is 0 Å². The van der Waals surface area contributed by atoms with Gasteiger partial charge in [0.1, 0.15) is 5.75 Å². The predicted molar refractivity (Wildman–Crippen MR) is 68.0 cm³/mol. The van der Waals surface area contributed by atoms with E-state index in [1.807, 2.05) is 6.07 Å². The Morgan fingerprint density at radius 3 is 2.19 bits per heavy atom. The predicted octanol–water partition coefficient (Wildman–Crippen LogP) is 3.82. The number of rotatable bonds is 1. The molecule has 0 aromatic heterocycles. The zero-order valence-electron chi connectivity index (χ0n) is 10.4. The van der Waals surface area contributed by atoms with Crippen molar-refractivity contribution in [3.05, 3.63) is 53.1 Å². The molecule has 0 amide bonds. The summed E-state index contributed by atoms with van der Waals surface area (Å²) in [6, 6.07) is 11.0. The van der Waals surface area contributed by atoms with Gasteiger partial charge in [-0.25, -0.2) is 0 Å². The van der Waals surface area contributed by atoms with Crippen LogP contribution in [0.1, 0.15) is 16.7 Å². The van der Waals surface area contributed by atoms with Crippen molar-refractivity contribution in [1.29, 1.82) is 10.5 Å². The van der Waals surface area contributed by atoms with Crippen LogP contribution in [0.15, 0.2) is 36.4 Å². The zero-order valence-corrected chi connectivity index (χ0v) is 10.4. The van der Waals surface area contributed by atoms with Gasteiger partial charge in [0.05, 0.1) is 28.8 Å². The maximum atomic E-state index is 12.9. The van der Waals surface area contributed by atoms with E-state index in [4.69, 9.17) is 10.5 Å². The largest absolute Gasteiger partial charge is 0.507 e. The molecule has 0 radical (unpaired) electrons. The first kappa shape index (κ1) is 14.4. The van der Waals surface area contributed by atoms with Crippen LogP contribution in [0.5, 0.6) is 5.75 Å². The topological polar surface area (TPSA) is 67.8 Å². The molecule has 21 heavy (non-hydrogen) atoms. The molecule has 104 valence electrons. The molecule has 2 aromatic carbocycles. The second-order valence-corrected chi connectivity index (χ2v) is 4.22. The molecule has 2 rings (SSSR count). The van der Waals surface area contributed by atoms with Crippen molar-refractivity contribution >= 4 is 0 Å². The van der Waals surface area contributed by atoms with Gasteiger partial charge < -0.3 is 5.11 Å². The second-order valence-electron chi connectivity index (χ2n) is 4.22. The lowest BCUT2D eigenvalue weighted by molar-refractivity contribution is -0.138. The summed E-state index contributed by atoms with van der Waals surface area (Å²) in [5.41, 5.74) is -1.17. The van der Waals surface area contributed by atoms with E-state index in [1.165, 1.54) is 24.3 Å². The number of benzene rings is 2. The summed E-state index contributed by atoms with van der Waals surface area (Å²) in [5, 5.41) is 27.5. The van der Waals surface area contributed by atoms with Crippen LogP contribution in [0.4, 0.5) is 13.2 Å². The summed E-state index contributed by atoms with van der Waals surface area (Å²) in [7, 11) is 0. The molecule has 1 N–H and O–H groups in total. The molecule has 0 saturated carbocycles. The quantitative estimate of drug-likeness (QED) is 0.867. The molecule has 3 nitrogen and oxygen atoms in total. The summed E-state index contributed by atoms with van der Waals surface area (Å²) in [6.45, 7) is 0. The number of nitrogens with zero attached hydrogens (tertiary/aromatic N) is 2. The van der Waals surface area contributed by atoms with Crippen LogP contribution in [0.2, 0.25) is 0 Å². The van der Waals surface area contributed by atoms with Crippen LogP contribution < -0.4 is 0 Å². The first-order chi connectivity index (χ1) is 9.86. The fourth-order valence-corrected chi connectivity index (χ4v) is 1.89. The van der Waals surface area contributed by atoms with Gasteiger partial charge in [-0.1, -0.05) is 12.1 Å². The van der Waals surface area contributed by atoms with Crippen LogP contribution in [-0.2, 0) is 6.18 Å². The van der Waals surface area contributed by atoms with Crippen molar-refractivity contribution in [2.75, 3.05) is 0 Å². The minimum absolute atomic E-state index is 0.140. The van der Waals surface area contributed by atoms with Crippen molar-refractivity contribution in [3.63, 3.8) is 0 Å². The SMILES string of the molecule is N#Cc1cccc(-c2cc(C#N)cc(C(F)(F)F)c2O)c1.